The van der Waals surface area contributed by atoms with Gasteiger partial charge < -0.3 is 19.3 Å². The number of benzene rings is 3. The lowest BCUT2D eigenvalue weighted by Gasteiger charge is -2.36. The molecule has 3 heterocycles. The van der Waals surface area contributed by atoms with Crippen molar-refractivity contribution >= 4 is 17.3 Å². The highest BCUT2D eigenvalue weighted by Crippen LogP contribution is 2.31. The third kappa shape index (κ3) is 5.04. The predicted octanol–water partition coefficient (Wildman–Crippen LogP) is 4.57. The van der Waals surface area contributed by atoms with E-state index in [9.17, 15) is 18.8 Å². The molecular weight excluding hydrogens is 550 g/mol. The Hall–Kier alpha value is -5.29. The summed E-state index contributed by atoms with van der Waals surface area (Å²) < 4.78 is 30.8. The van der Waals surface area contributed by atoms with Crippen LogP contribution in [-0.4, -0.2) is 58.3 Å². The SMILES string of the molecule is Cc1cc(C)c(-c2nnc3n2CCN(c2ccccc2C#N)C3)cc1C(=O)N1CCN(c2cc(F)c(C#N)cc2F)CC1. The average Bonchev–Trinajstić information content (AvgIpc) is 3.45. The van der Waals surface area contributed by atoms with Gasteiger partial charge in [-0.15, -0.1) is 10.2 Å². The summed E-state index contributed by atoms with van der Waals surface area (Å²) in [5.41, 5.74) is 4.43. The predicted molar refractivity (Wildman–Crippen MR) is 156 cm³/mol. The Morgan fingerprint density at radius 1 is 0.791 bits per heavy atom. The zero-order chi connectivity index (χ0) is 30.2. The molecule has 1 amide bonds. The number of hydrogen-bond acceptors (Lipinski definition) is 7. The standard InChI is InChI=1S/C32H28F2N8O/c1-20-13-21(2)25(32(43)40-9-7-39(8-10-40)29-16-26(33)23(18-36)14-27(29)34)15-24(20)31-38-37-30-19-41(11-12-42(30)31)28-6-4-3-5-22(28)17-35/h3-6,13-16H,7-12,19H2,1-2H3. The summed E-state index contributed by atoms with van der Waals surface area (Å²) >= 11 is 0. The second-order valence-electron chi connectivity index (χ2n) is 10.8. The Kier molecular flexibility index (Phi) is 7.24. The zero-order valence-corrected chi connectivity index (χ0v) is 23.8. The van der Waals surface area contributed by atoms with Crippen molar-refractivity contribution in [1.82, 2.24) is 19.7 Å². The number of rotatable bonds is 4. The summed E-state index contributed by atoms with van der Waals surface area (Å²) in [4.78, 5) is 19.3. The second-order valence-corrected chi connectivity index (χ2v) is 10.8. The van der Waals surface area contributed by atoms with E-state index in [-0.39, 0.29) is 17.2 Å². The number of hydrogen-bond donors (Lipinski definition) is 0. The molecule has 0 unspecified atom stereocenters. The second kappa shape index (κ2) is 11.2. The van der Waals surface area contributed by atoms with Gasteiger partial charge in [-0.25, -0.2) is 8.78 Å². The van der Waals surface area contributed by atoms with Crippen molar-refractivity contribution in [2.45, 2.75) is 26.9 Å². The number of nitrogens with zero attached hydrogens (tertiary/aromatic N) is 8. The van der Waals surface area contributed by atoms with Gasteiger partial charge in [-0.1, -0.05) is 18.2 Å². The summed E-state index contributed by atoms with van der Waals surface area (Å²) in [6.45, 7) is 7.04. The fourth-order valence-electron chi connectivity index (χ4n) is 5.92. The van der Waals surface area contributed by atoms with Gasteiger partial charge in [0, 0.05) is 56.5 Å². The Morgan fingerprint density at radius 3 is 2.26 bits per heavy atom. The van der Waals surface area contributed by atoms with Crippen LogP contribution in [0.15, 0.2) is 48.5 Å². The van der Waals surface area contributed by atoms with E-state index in [1.807, 2.05) is 44.2 Å². The highest BCUT2D eigenvalue weighted by Gasteiger charge is 2.28. The molecular formula is C32H28F2N8O. The third-order valence-electron chi connectivity index (χ3n) is 8.23. The maximum Gasteiger partial charge on any atom is 0.254 e. The van der Waals surface area contributed by atoms with Crippen molar-refractivity contribution in [3.63, 3.8) is 0 Å². The molecule has 3 aromatic carbocycles. The molecule has 9 nitrogen and oxygen atoms in total. The van der Waals surface area contributed by atoms with Crippen LogP contribution >= 0.6 is 0 Å². The molecule has 2 aliphatic rings. The van der Waals surface area contributed by atoms with Gasteiger partial charge in [-0.05, 0) is 49.2 Å². The molecule has 0 radical (unpaired) electrons. The summed E-state index contributed by atoms with van der Waals surface area (Å²) in [7, 11) is 0. The first-order valence-corrected chi connectivity index (χ1v) is 14.0. The molecule has 216 valence electrons. The molecule has 43 heavy (non-hydrogen) atoms. The molecule has 11 heteroatoms. The molecule has 1 saturated heterocycles. The summed E-state index contributed by atoms with van der Waals surface area (Å²) in [5.74, 6) is -0.0914. The number of piperazine rings is 1. The number of fused-ring (bicyclic) bond motifs is 1. The molecule has 4 aromatic rings. The lowest BCUT2D eigenvalue weighted by molar-refractivity contribution is 0.0746. The van der Waals surface area contributed by atoms with Gasteiger partial charge in [-0.3, -0.25) is 4.79 Å². The topological polar surface area (TPSA) is 105 Å². The Morgan fingerprint density at radius 2 is 1.51 bits per heavy atom. The van der Waals surface area contributed by atoms with Crippen molar-refractivity contribution in [2.24, 2.45) is 0 Å². The number of carbonyl (C=O) groups excluding carboxylic acids is 1. The van der Waals surface area contributed by atoms with Crippen LogP contribution in [0, 0.1) is 48.1 Å². The van der Waals surface area contributed by atoms with Crippen LogP contribution in [0.4, 0.5) is 20.2 Å². The van der Waals surface area contributed by atoms with Crippen LogP contribution in [0.5, 0.6) is 0 Å². The van der Waals surface area contributed by atoms with Gasteiger partial charge in [-0.2, -0.15) is 10.5 Å². The number of amides is 1. The number of halogens is 2. The first-order chi connectivity index (χ1) is 20.8. The van der Waals surface area contributed by atoms with E-state index in [0.717, 1.165) is 40.3 Å². The summed E-state index contributed by atoms with van der Waals surface area (Å²) in [6.07, 6.45) is 0. The minimum absolute atomic E-state index is 0.0867. The van der Waals surface area contributed by atoms with Crippen molar-refractivity contribution in [2.75, 3.05) is 42.5 Å². The Labute approximate surface area is 247 Å². The quantitative estimate of drug-likeness (QED) is 0.350. The van der Waals surface area contributed by atoms with Crippen molar-refractivity contribution in [3.05, 3.63) is 93.8 Å². The maximum absolute atomic E-state index is 14.6. The largest absolute Gasteiger partial charge is 0.366 e. The van der Waals surface area contributed by atoms with E-state index in [0.29, 0.717) is 62.8 Å². The Bertz CT molecular complexity index is 1830. The van der Waals surface area contributed by atoms with Gasteiger partial charge >= 0.3 is 0 Å². The molecule has 0 aliphatic carbocycles. The van der Waals surface area contributed by atoms with E-state index >= 15 is 0 Å². The first-order valence-electron chi connectivity index (χ1n) is 14.0. The monoisotopic (exact) mass is 578 g/mol. The van der Waals surface area contributed by atoms with Crippen LogP contribution in [0.1, 0.15) is 38.4 Å². The first kappa shape index (κ1) is 27.9. The number of aryl methyl sites for hydroxylation is 2. The van der Waals surface area contributed by atoms with Crippen LogP contribution in [0.25, 0.3) is 11.4 Å². The normalized spacial score (nSPS) is 14.7. The fraction of sp³-hybridized carbons (Fsp3) is 0.281. The van der Waals surface area contributed by atoms with Gasteiger partial charge in [0.15, 0.2) is 11.6 Å². The lowest BCUT2D eigenvalue weighted by atomic mass is 9.98. The number of para-hydroxylation sites is 1. The van der Waals surface area contributed by atoms with Gasteiger partial charge in [0.2, 0.25) is 0 Å². The van der Waals surface area contributed by atoms with Crippen LogP contribution in [-0.2, 0) is 13.1 Å². The molecule has 1 fully saturated rings. The smallest absolute Gasteiger partial charge is 0.254 e. The average molecular weight is 579 g/mol. The van der Waals surface area contributed by atoms with Crippen molar-refractivity contribution in [1.29, 1.82) is 10.5 Å². The van der Waals surface area contributed by atoms with E-state index in [1.54, 1.807) is 21.9 Å². The van der Waals surface area contributed by atoms with Crippen LogP contribution < -0.4 is 9.80 Å². The van der Waals surface area contributed by atoms with E-state index in [2.05, 4.69) is 25.7 Å². The number of anilines is 2. The van der Waals surface area contributed by atoms with Crippen LogP contribution in [0.2, 0.25) is 0 Å². The molecule has 0 saturated carbocycles. The van der Waals surface area contributed by atoms with Gasteiger partial charge in [0.05, 0.1) is 29.0 Å². The highest BCUT2D eigenvalue weighted by atomic mass is 19.1. The zero-order valence-electron chi connectivity index (χ0n) is 23.8. The van der Waals surface area contributed by atoms with Crippen molar-refractivity contribution in [3.8, 4) is 23.5 Å². The lowest BCUT2D eigenvalue weighted by Crippen LogP contribution is -2.49. The van der Waals surface area contributed by atoms with E-state index in [4.69, 9.17) is 5.26 Å². The number of aromatic nitrogens is 3. The van der Waals surface area contributed by atoms with Crippen LogP contribution in [0.3, 0.4) is 0 Å². The maximum atomic E-state index is 14.6. The van der Waals surface area contributed by atoms with Crippen molar-refractivity contribution < 1.29 is 13.6 Å². The fourth-order valence-corrected chi connectivity index (χ4v) is 5.92. The Balaban J connectivity index is 1.21. The minimum Gasteiger partial charge on any atom is -0.366 e. The molecule has 0 bridgehead atoms. The molecule has 2 aliphatic heterocycles. The number of nitriles is 2. The van der Waals surface area contributed by atoms with E-state index < -0.39 is 11.6 Å². The highest BCUT2D eigenvalue weighted by molar-refractivity contribution is 5.97. The molecule has 0 spiro atoms. The molecule has 0 atom stereocenters. The summed E-state index contributed by atoms with van der Waals surface area (Å²) in [5, 5.41) is 27.5. The van der Waals surface area contributed by atoms with Gasteiger partial charge in [0.1, 0.15) is 23.8 Å². The third-order valence-corrected chi connectivity index (χ3v) is 8.23. The number of carbonyl (C=O) groups is 1. The molecule has 0 N–H and O–H groups in total. The summed E-state index contributed by atoms with van der Waals surface area (Å²) in [6, 6.07) is 17.2. The molecule has 1 aromatic heterocycles. The molecule has 6 rings (SSSR count). The minimum atomic E-state index is -0.768. The van der Waals surface area contributed by atoms with Gasteiger partial charge in [0.25, 0.3) is 5.91 Å². The van der Waals surface area contributed by atoms with E-state index in [1.165, 1.54) is 0 Å².